The van der Waals surface area contributed by atoms with Crippen LogP contribution in [0.2, 0.25) is 0 Å². The fraction of sp³-hybridized carbons (Fsp3) is 0.500. The second kappa shape index (κ2) is 11.4. The summed E-state index contributed by atoms with van der Waals surface area (Å²) in [6.45, 7) is 7.86. The van der Waals surface area contributed by atoms with Crippen LogP contribution < -0.4 is 14.8 Å². The van der Waals surface area contributed by atoms with Gasteiger partial charge in [0.2, 0.25) is 0 Å². The van der Waals surface area contributed by atoms with Crippen molar-refractivity contribution in [2.24, 2.45) is 0 Å². The molecule has 31 heavy (non-hydrogen) atoms. The smallest absolute Gasteiger partial charge is 0.127 e. The molecule has 1 atom stereocenters. The molecule has 0 aliphatic carbocycles. The number of methoxy groups -OCH3 is 1. The zero-order valence-corrected chi connectivity index (χ0v) is 18.7. The minimum Gasteiger partial charge on any atom is -0.497 e. The number of piperazine rings is 1. The van der Waals surface area contributed by atoms with Crippen LogP contribution in [0.4, 0.5) is 4.39 Å². The predicted molar refractivity (Wildman–Crippen MR) is 120 cm³/mol. The highest BCUT2D eigenvalue weighted by Gasteiger charge is 2.18. The van der Waals surface area contributed by atoms with Crippen LogP contribution >= 0.6 is 0 Å². The molecule has 0 unspecified atom stereocenters. The number of ether oxygens (including phenoxy) is 2. The third-order valence-electron chi connectivity index (χ3n) is 5.71. The second-order valence-corrected chi connectivity index (χ2v) is 8.22. The van der Waals surface area contributed by atoms with E-state index in [1.54, 1.807) is 19.2 Å². The first-order chi connectivity index (χ1) is 14.9. The number of aliphatic hydroxyl groups excluding tert-OH is 1. The van der Waals surface area contributed by atoms with Crippen LogP contribution in [0, 0.1) is 12.7 Å². The van der Waals surface area contributed by atoms with Crippen molar-refractivity contribution in [2.75, 3.05) is 53.5 Å². The molecule has 0 spiro atoms. The average Bonchev–Trinajstić information content (AvgIpc) is 2.77. The number of likely N-dealkylation sites (N-methyl/N-ethyl adjacent to an activating group) is 1. The summed E-state index contributed by atoms with van der Waals surface area (Å²) >= 11 is 0. The Morgan fingerprint density at radius 1 is 1.06 bits per heavy atom. The van der Waals surface area contributed by atoms with Gasteiger partial charge in [-0.15, -0.1) is 0 Å². The molecule has 1 heterocycles. The van der Waals surface area contributed by atoms with Gasteiger partial charge in [-0.25, -0.2) is 4.39 Å². The maximum Gasteiger partial charge on any atom is 0.127 e. The molecule has 0 saturated carbocycles. The predicted octanol–water partition coefficient (Wildman–Crippen LogP) is 2.42. The fourth-order valence-corrected chi connectivity index (χ4v) is 3.67. The van der Waals surface area contributed by atoms with Crippen LogP contribution in [0.15, 0.2) is 36.4 Å². The van der Waals surface area contributed by atoms with Crippen LogP contribution in [-0.4, -0.2) is 74.5 Å². The van der Waals surface area contributed by atoms with Crippen molar-refractivity contribution in [1.82, 2.24) is 15.1 Å². The molecule has 7 heteroatoms. The van der Waals surface area contributed by atoms with E-state index < -0.39 is 6.10 Å². The van der Waals surface area contributed by atoms with Crippen molar-refractivity contribution < 1.29 is 19.0 Å². The van der Waals surface area contributed by atoms with E-state index in [1.807, 2.05) is 25.1 Å². The first-order valence-electron chi connectivity index (χ1n) is 10.8. The summed E-state index contributed by atoms with van der Waals surface area (Å²) in [7, 11) is 3.73. The van der Waals surface area contributed by atoms with E-state index in [1.165, 1.54) is 6.07 Å². The zero-order chi connectivity index (χ0) is 22.2. The maximum atomic E-state index is 13.5. The second-order valence-electron chi connectivity index (χ2n) is 8.22. The van der Waals surface area contributed by atoms with E-state index in [-0.39, 0.29) is 12.4 Å². The van der Waals surface area contributed by atoms with Crippen molar-refractivity contribution in [3.63, 3.8) is 0 Å². The molecule has 2 aromatic carbocycles. The number of halogens is 1. The topological polar surface area (TPSA) is 57.2 Å². The summed E-state index contributed by atoms with van der Waals surface area (Å²) in [6, 6.07) is 10.5. The van der Waals surface area contributed by atoms with E-state index in [0.717, 1.165) is 42.9 Å². The number of rotatable bonds is 10. The van der Waals surface area contributed by atoms with Crippen LogP contribution in [0.1, 0.15) is 16.7 Å². The van der Waals surface area contributed by atoms with E-state index >= 15 is 0 Å². The quantitative estimate of drug-likeness (QED) is 0.603. The third kappa shape index (κ3) is 7.18. The van der Waals surface area contributed by atoms with Crippen molar-refractivity contribution in [3.05, 3.63) is 58.9 Å². The van der Waals surface area contributed by atoms with Gasteiger partial charge in [-0.1, -0.05) is 12.1 Å². The Balaban J connectivity index is 1.55. The minimum absolute atomic E-state index is 0.218. The number of β-amino-alcohol motifs (C(OH)–C–C–N with tert-alkyl or cyclic N) is 1. The minimum atomic E-state index is -0.564. The molecule has 2 N–H and O–H groups in total. The molecule has 0 amide bonds. The molecule has 170 valence electrons. The third-order valence-corrected chi connectivity index (χ3v) is 5.71. The molecule has 2 aromatic rings. The maximum absolute atomic E-state index is 13.5. The molecule has 3 rings (SSSR count). The first-order valence-corrected chi connectivity index (χ1v) is 10.8. The molecular weight excluding hydrogens is 397 g/mol. The summed E-state index contributed by atoms with van der Waals surface area (Å²) in [4.78, 5) is 4.56. The number of benzene rings is 2. The standard InChI is InChI=1S/C24H34FN3O3/c1-18-4-6-21(25)12-20(18)15-26-14-19-5-7-23(30-3)13-24(19)31-17-22(29)16-28-10-8-27(2)9-11-28/h4-7,12-13,22,26,29H,8-11,14-17H2,1-3H3/t22-/m0/s1. The Hall–Kier alpha value is -2.19. The van der Waals surface area contributed by atoms with E-state index in [4.69, 9.17) is 9.47 Å². The number of hydrogen-bond donors (Lipinski definition) is 2. The van der Waals surface area contributed by atoms with Crippen molar-refractivity contribution >= 4 is 0 Å². The highest BCUT2D eigenvalue weighted by Crippen LogP contribution is 2.25. The van der Waals surface area contributed by atoms with Crippen LogP contribution in [0.25, 0.3) is 0 Å². The molecule has 1 saturated heterocycles. The first kappa shape index (κ1) is 23.5. The Morgan fingerprint density at radius 3 is 2.55 bits per heavy atom. The van der Waals surface area contributed by atoms with Gasteiger partial charge < -0.3 is 24.8 Å². The summed E-state index contributed by atoms with van der Waals surface area (Å²) < 4.78 is 24.8. The van der Waals surface area contributed by atoms with Crippen molar-refractivity contribution in [1.29, 1.82) is 0 Å². The average molecular weight is 432 g/mol. The lowest BCUT2D eigenvalue weighted by Crippen LogP contribution is -2.47. The normalized spacial score (nSPS) is 16.3. The van der Waals surface area contributed by atoms with Gasteiger partial charge >= 0.3 is 0 Å². The Bertz CT molecular complexity index is 841. The molecular formula is C24H34FN3O3. The molecule has 0 bridgehead atoms. The lowest BCUT2D eigenvalue weighted by molar-refractivity contribution is 0.0501. The number of hydrogen-bond acceptors (Lipinski definition) is 6. The van der Waals surface area contributed by atoms with Crippen molar-refractivity contribution in [2.45, 2.75) is 26.1 Å². The summed E-state index contributed by atoms with van der Waals surface area (Å²) in [6.07, 6.45) is -0.564. The molecule has 6 nitrogen and oxygen atoms in total. The largest absolute Gasteiger partial charge is 0.497 e. The highest BCUT2D eigenvalue weighted by atomic mass is 19.1. The highest BCUT2D eigenvalue weighted by molar-refractivity contribution is 5.41. The number of aryl methyl sites for hydroxylation is 1. The Labute approximate surface area is 184 Å². The van der Waals surface area contributed by atoms with E-state index in [9.17, 15) is 9.50 Å². The Morgan fingerprint density at radius 2 is 1.81 bits per heavy atom. The fourth-order valence-electron chi connectivity index (χ4n) is 3.67. The lowest BCUT2D eigenvalue weighted by atomic mass is 10.1. The SMILES string of the molecule is COc1ccc(CNCc2cc(F)ccc2C)c(OC[C@@H](O)CN2CCN(C)CC2)c1. The summed E-state index contributed by atoms with van der Waals surface area (Å²) in [5, 5.41) is 13.8. The van der Waals surface area contributed by atoms with Gasteiger partial charge in [0.05, 0.1) is 7.11 Å². The van der Waals surface area contributed by atoms with Gasteiger partial charge in [0.1, 0.15) is 30.0 Å². The number of nitrogens with zero attached hydrogens (tertiary/aromatic N) is 2. The molecule has 1 fully saturated rings. The van der Waals surface area contributed by atoms with Crippen LogP contribution in [0.3, 0.4) is 0 Å². The number of nitrogens with one attached hydrogen (secondary N) is 1. The van der Waals surface area contributed by atoms with E-state index in [2.05, 4.69) is 22.2 Å². The van der Waals surface area contributed by atoms with Gasteiger partial charge in [0.15, 0.2) is 0 Å². The van der Waals surface area contributed by atoms with Crippen LogP contribution in [-0.2, 0) is 13.1 Å². The van der Waals surface area contributed by atoms with Gasteiger partial charge in [-0.2, -0.15) is 0 Å². The van der Waals surface area contributed by atoms with Crippen molar-refractivity contribution in [3.8, 4) is 11.5 Å². The van der Waals surface area contributed by atoms with Crippen LogP contribution in [0.5, 0.6) is 11.5 Å². The molecule has 0 radical (unpaired) electrons. The van der Waals surface area contributed by atoms with Gasteiger partial charge in [0, 0.05) is 57.4 Å². The van der Waals surface area contributed by atoms with Gasteiger partial charge in [-0.05, 0) is 43.3 Å². The van der Waals surface area contributed by atoms with Gasteiger partial charge in [0.25, 0.3) is 0 Å². The zero-order valence-electron chi connectivity index (χ0n) is 18.7. The molecule has 1 aliphatic heterocycles. The summed E-state index contributed by atoms with van der Waals surface area (Å²) in [5.41, 5.74) is 2.94. The van der Waals surface area contributed by atoms with E-state index in [0.29, 0.717) is 31.1 Å². The Kier molecular flexibility index (Phi) is 8.66. The number of aliphatic hydroxyl groups is 1. The molecule has 1 aliphatic rings. The monoisotopic (exact) mass is 431 g/mol. The van der Waals surface area contributed by atoms with Gasteiger partial charge in [-0.3, -0.25) is 4.90 Å². The lowest BCUT2D eigenvalue weighted by Gasteiger charge is -2.33. The molecule has 0 aromatic heterocycles. The summed E-state index contributed by atoms with van der Waals surface area (Å²) in [5.74, 6) is 1.15.